The Morgan fingerprint density at radius 2 is 2.25 bits per heavy atom. The van der Waals surface area contributed by atoms with E-state index in [2.05, 4.69) is 5.32 Å². The molecule has 0 aliphatic heterocycles. The van der Waals surface area contributed by atoms with Gasteiger partial charge in [-0.15, -0.1) is 0 Å². The average molecular weight is 283 g/mol. The summed E-state index contributed by atoms with van der Waals surface area (Å²) in [5.41, 5.74) is 5.47. The Labute approximate surface area is 116 Å². The second kappa shape index (κ2) is 8.08. The van der Waals surface area contributed by atoms with Crippen LogP contribution in [0.15, 0.2) is 18.2 Å². The van der Waals surface area contributed by atoms with Crippen LogP contribution in [0.25, 0.3) is 0 Å². The monoisotopic (exact) mass is 283 g/mol. The number of nitro groups is 1. The van der Waals surface area contributed by atoms with E-state index in [0.29, 0.717) is 19.7 Å². The van der Waals surface area contributed by atoms with Crippen LogP contribution in [0.2, 0.25) is 0 Å². The van der Waals surface area contributed by atoms with Gasteiger partial charge in [-0.1, -0.05) is 6.07 Å². The number of benzene rings is 1. The zero-order valence-electron chi connectivity index (χ0n) is 11.1. The van der Waals surface area contributed by atoms with Crippen LogP contribution in [0.4, 0.5) is 5.69 Å². The highest BCUT2D eigenvalue weighted by atomic mass is 16.6. The SMILES string of the molecule is COCCNCc1ccc(OCC(N)=O)c([N+](=O)[O-])c1. The third-order valence-corrected chi connectivity index (χ3v) is 2.40. The van der Waals surface area contributed by atoms with Gasteiger partial charge >= 0.3 is 5.69 Å². The third kappa shape index (κ3) is 5.21. The number of methoxy groups -OCH3 is 1. The van der Waals surface area contributed by atoms with Gasteiger partial charge in [-0.3, -0.25) is 14.9 Å². The Morgan fingerprint density at radius 3 is 2.85 bits per heavy atom. The number of carbonyl (C=O) groups is 1. The molecule has 8 heteroatoms. The minimum Gasteiger partial charge on any atom is -0.477 e. The molecule has 0 radical (unpaired) electrons. The molecule has 8 nitrogen and oxygen atoms in total. The predicted molar refractivity (Wildman–Crippen MR) is 71.4 cm³/mol. The summed E-state index contributed by atoms with van der Waals surface area (Å²) in [5, 5.41) is 14.0. The highest BCUT2D eigenvalue weighted by Crippen LogP contribution is 2.27. The van der Waals surface area contributed by atoms with E-state index in [1.807, 2.05) is 0 Å². The van der Waals surface area contributed by atoms with Crippen molar-refractivity contribution in [3.63, 3.8) is 0 Å². The van der Waals surface area contributed by atoms with E-state index in [4.69, 9.17) is 15.2 Å². The molecule has 0 bridgehead atoms. The minimum absolute atomic E-state index is 0.0226. The van der Waals surface area contributed by atoms with Gasteiger partial charge in [-0.05, 0) is 11.6 Å². The molecule has 1 aromatic rings. The van der Waals surface area contributed by atoms with Crippen molar-refractivity contribution in [1.29, 1.82) is 0 Å². The third-order valence-electron chi connectivity index (χ3n) is 2.40. The maximum absolute atomic E-state index is 11.0. The molecule has 0 aliphatic rings. The topological polar surface area (TPSA) is 117 Å². The number of amides is 1. The molecule has 1 rings (SSSR count). The molecule has 0 fully saturated rings. The highest BCUT2D eigenvalue weighted by Gasteiger charge is 2.16. The lowest BCUT2D eigenvalue weighted by molar-refractivity contribution is -0.385. The summed E-state index contributed by atoms with van der Waals surface area (Å²) >= 11 is 0. The van der Waals surface area contributed by atoms with Crippen molar-refractivity contribution in [2.45, 2.75) is 6.54 Å². The van der Waals surface area contributed by atoms with Gasteiger partial charge in [0.2, 0.25) is 0 Å². The molecular formula is C12H17N3O5. The zero-order valence-corrected chi connectivity index (χ0v) is 11.1. The maximum Gasteiger partial charge on any atom is 0.311 e. The summed E-state index contributed by atoms with van der Waals surface area (Å²) < 4.78 is 9.88. The van der Waals surface area contributed by atoms with Crippen molar-refractivity contribution in [3.05, 3.63) is 33.9 Å². The van der Waals surface area contributed by atoms with Crippen LogP contribution in [-0.2, 0) is 16.1 Å². The number of nitrogens with zero attached hydrogens (tertiary/aromatic N) is 1. The summed E-state index contributed by atoms with van der Waals surface area (Å²) in [6.45, 7) is 1.28. The molecule has 0 aromatic heterocycles. The number of ether oxygens (including phenoxy) is 2. The van der Waals surface area contributed by atoms with Gasteiger partial charge in [0, 0.05) is 26.3 Å². The lowest BCUT2D eigenvalue weighted by atomic mass is 10.2. The number of nitrogens with two attached hydrogens (primary N) is 1. The van der Waals surface area contributed by atoms with Gasteiger partial charge in [-0.25, -0.2) is 0 Å². The van der Waals surface area contributed by atoms with Crippen molar-refractivity contribution >= 4 is 11.6 Å². The minimum atomic E-state index is -0.690. The van der Waals surface area contributed by atoms with Crippen molar-refractivity contribution < 1.29 is 19.2 Å². The molecule has 1 amide bonds. The first-order valence-corrected chi connectivity index (χ1v) is 5.92. The summed E-state index contributed by atoms with van der Waals surface area (Å²) in [7, 11) is 1.59. The Kier molecular flexibility index (Phi) is 6.41. The van der Waals surface area contributed by atoms with Crippen LogP contribution in [0.5, 0.6) is 5.75 Å². The van der Waals surface area contributed by atoms with Crippen molar-refractivity contribution in [2.24, 2.45) is 5.73 Å². The van der Waals surface area contributed by atoms with E-state index in [-0.39, 0.29) is 11.4 Å². The first kappa shape index (κ1) is 15.9. The molecule has 1 aromatic carbocycles. The van der Waals surface area contributed by atoms with E-state index in [1.165, 1.54) is 12.1 Å². The van der Waals surface area contributed by atoms with E-state index >= 15 is 0 Å². The first-order valence-electron chi connectivity index (χ1n) is 5.92. The number of hydrogen-bond acceptors (Lipinski definition) is 6. The zero-order chi connectivity index (χ0) is 15.0. The molecule has 0 spiro atoms. The van der Waals surface area contributed by atoms with Gasteiger partial charge in [0.25, 0.3) is 5.91 Å². The van der Waals surface area contributed by atoms with Crippen molar-refractivity contribution in [2.75, 3.05) is 26.9 Å². The summed E-state index contributed by atoms with van der Waals surface area (Å²) in [4.78, 5) is 21.0. The molecule has 20 heavy (non-hydrogen) atoms. The molecule has 0 atom stereocenters. The highest BCUT2D eigenvalue weighted by molar-refractivity contribution is 5.75. The number of nitro benzene ring substituents is 1. The normalized spacial score (nSPS) is 10.2. The molecule has 110 valence electrons. The van der Waals surface area contributed by atoms with E-state index in [0.717, 1.165) is 5.56 Å². The molecule has 0 saturated heterocycles. The van der Waals surface area contributed by atoms with Crippen LogP contribution in [0.1, 0.15) is 5.56 Å². The smallest absolute Gasteiger partial charge is 0.311 e. The fraction of sp³-hybridized carbons (Fsp3) is 0.417. The second-order valence-corrected chi connectivity index (χ2v) is 3.98. The molecule has 0 saturated carbocycles. The number of rotatable bonds is 9. The fourth-order valence-electron chi connectivity index (χ4n) is 1.49. The Hall–Kier alpha value is -2.19. The molecule has 0 aliphatic carbocycles. The second-order valence-electron chi connectivity index (χ2n) is 3.98. The summed E-state index contributed by atoms with van der Waals surface area (Å²) in [6.07, 6.45) is 0. The Morgan fingerprint density at radius 1 is 1.50 bits per heavy atom. The van der Waals surface area contributed by atoms with Gasteiger partial charge < -0.3 is 20.5 Å². The van der Waals surface area contributed by atoms with Gasteiger partial charge in [0.1, 0.15) is 0 Å². The van der Waals surface area contributed by atoms with Crippen LogP contribution in [0, 0.1) is 10.1 Å². The quantitative estimate of drug-likeness (QED) is 0.380. The predicted octanol–water partition coefficient (Wildman–Crippen LogP) is 0.195. The lowest BCUT2D eigenvalue weighted by Gasteiger charge is -2.08. The van der Waals surface area contributed by atoms with Crippen LogP contribution < -0.4 is 15.8 Å². The van der Waals surface area contributed by atoms with Gasteiger partial charge in [0.05, 0.1) is 11.5 Å². The first-order chi connectivity index (χ1) is 9.54. The number of primary amides is 1. The Bertz CT molecular complexity index is 478. The number of carbonyl (C=O) groups excluding carboxylic acids is 1. The molecule has 0 unspecified atom stereocenters. The largest absolute Gasteiger partial charge is 0.477 e. The van der Waals surface area contributed by atoms with Crippen molar-refractivity contribution in [1.82, 2.24) is 5.32 Å². The van der Waals surface area contributed by atoms with Crippen LogP contribution in [-0.4, -0.2) is 37.7 Å². The maximum atomic E-state index is 11.0. The number of nitrogens with one attached hydrogen (secondary N) is 1. The molecule has 3 N–H and O–H groups in total. The van der Waals surface area contributed by atoms with Gasteiger partial charge in [0.15, 0.2) is 12.4 Å². The Balaban J connectivity index is 2.73. The number of hydrogen-bond donors (Lipinski definition) is 2. The average Bonchev–Trinajstić information content (AvgIpc) is 2.41. The van der Waals surface area contributed by atoms with Crippen LogP contribution >= 0.6 is 0 Å². The van der Waals surface area contributed by atoms with Gasteiger partial charge in [-0.2, -0.15) is 0 Å². The molecular weight excluding hydrogens is 266 g/mol. The van der Waals surface area contributed by atoms with Crippen LogP contribution in [0.3, 0.4) is 0 Å². The van der Waals surface area contributed by atoms with Crippen molar-refractivity contribution in [3.8, 4) is 5.75 Å². The van der Waals surface area contributed by atoms with E-state index in [9.17, 15) is 14.9 Å². The standard InChI is InChI=1S/C12H17N3O5/c1-19-5-4-14-7-9-2-3-11(20-8-12(13)16)10(6-9)15(17)18/h2-3,6,14H,4-5,7-8H2,1H3,(H2,13,16). The summed E-state index contributed by atoms with van der Waals surface area (Å²) in [5.74, 6) is -0.668. The summed E-state index contributed by atoms with van der Waals surface area (Å²) in [6, 6.07) is 4.54. The fourth-order valence-corrected chi connectivity index (χ4v) is 1.49. The van der Waals surface area contributed by atoms with E-state index < -0.39 is 17.4 Å². The molecule has 0 heterocycles. The van der Waals surface area contributed by atoms with E-state index in [1.54, 1.807) is 13.2 Å². The lowest BCUT2D eigenvalue weighted by Crippen LogP contribution is -2.20.